The zero-order chi connectivity index (χ0) is 16.7. The molecule has 2 aromatic rings. The lowest BCUT2D eigenvalue weighted by Crippen LogP contribution is -2.30. The van der Waals surface area contributed by atoms with Crippen molar-refractivity contribution in [3.05, 3.63) is 41.0 Å². The van der Waals surface area contributed by atoms with Crippen LogP contribution in [0.3, 0.4) is 0 Å². The van der Waals surface area contributed by atoms with Crippen molar-refractivity contribution < 1.29 is 5.11 Å². The molecule has 0 radical (unpaired) electrons. The number of fused-ring (bicyclic) bond motifs is 1. The molecule has 3 nitrogen and oxygen atoms in total. The van der Waals surface area contributed by atoms with E-state index in [0.717, 1.165) is 29.6 Å². The van der Waals surface area contributed by atoms with Crippen molar-refractivity contribution in [2.45, 2.75) is 45.6 Å². The minimum Gasteiger partial charge on any atom is -0.387 e. The van der Waals surface area contributed by atoms with Gasteiger partial charge in [-0.25, -0.2) is 0 Å². The van der Waals surface area contributed by atoms with Gasteiger partial charge < -0.3 is 10.0 Å². The minimum absolute atomic E-state index is 0. The normalized spacial score (nSPS) is 12.4. The summed E-state index contributed by atoms with van der Waals surface area (Å²) in [5.41, 5.74) is 1.68. The van der Waals surface area contributed by atoms with Crippen molar-refractivity contribution in [2.24, 2.45) is 0 Å². The summed E-state index contributed by atoms with van der Waals surface area (Å²) in [5, 5.41) is 12.3. The lowest BCUT2D eigenvalue weighted by molar-refractivity contribution is 0.112. The molecule has 0 saturated carbocycles. The van der Waals surface area contributed by atoms with Crippen LogP contribution in [0.25, 0.3) is 10.9 Å². The van der Waals surface area contributed by atoms with E-state index < -0.39 is 6.10 Å². The van der Waals surface area contributed by atoms with Crippen molar-refractivity contribution in [1.82, 2.24) is 9.88 Å². The molecule has 1 aromatic carbocycles. The van der Waals surface area contributed by atoms with Gasteiger partial charge in [-0.15, -0.1) is 12.4 Å². The second-order valence-electron chi connectivity index (χ2n) is 6.06. The molecule has 2 rings (SSSR count). The van der Waals surface area contributed by atoms with E-state index in [1.807, 2.05) is 24.3 Å². The van der Waals surface area contributed by atoms with Crippen LogP contribution in [0.2, 0.25) is 5.02 Å². The van der Waals surface area contributed by atoms with Gasteiger partial charge >= 0.3 is 0 Å². The Kier molecular flexibility index (Phi) is 9.60. The molecule has 1 unspecified atom stereocenters. The van der Waals surface area contributed by atoms with Crippen LogP contribution in [0.4, 0.5) is 0 Å². The van der Waals surface area contributed by atoms with Crippen molar-refractivity contribution in [2.75, 3.05) is 19.6 Å². The Hall–Kier alpha value is -0.870. The lowest BCUT2D eigenvalue weighted by atomic mass is 10.0. The summed E-state index contributed by atoms with van der Waals surface area (Å²) in [6.45, 7) is 7.14. The summed E-state index contributed by atoms with van der Waals surface area (Å²) in [4.78, 5) is 6.71. The van der Waals surface area contributed by atoms with E-state index in [9.17, 15) is 5.11 Å². The van der Waals surface area contributed by atoms with E-state index in [1.165, 1.54) is 25.7 Å². The van der Waals surface area contributed by atoms with Crippen LogP contribution in [-0.4, -0.2) is 34.6 Å². The Bertz CT molecular complexity index is 613. The molecule has 0 amide bonds. The molecule has 5 heteroatoms. The SMILES string of the molecule is CCCCN(CCCC)CC(O)c1ccnc2c(Cl)cccc12.Cl. The van der Waals surface area contributed by atoms with Gasteiger partial charge in [0.25, 0.3) is 0 Å². The summed E-state index contributed by atoms with van der Waals surface area (Å²) in [6, 6.07) is 7.63. The molecule has 0 spiro atoms. The Morgan fingerprint density at radius 1 is 1.12 bits per heavy atom. The van der Waals surface area contributed by atoms with Crippen LogP contribution < -0.4 is 0 Å². The Labute approximate surface area is 156 Å². The third kappa shape index (κ3) is 5.59. The highest BCUT2D eigenvalue weighted by Gasteiger charge is 2.16. The molecule has 0 aliphatic heterocycles. The minimum atomic E-state index is -0.521. The number of unbranched alkanes of at least 4 members (excludes halogenated alkanes) is 2. The number of benzene rings is 1. The van der Waals surface area contributed by atoms with Crippen LogP contribution in [0.5, 0.6) is 0 Å². The second kappa shape index (κ2) is 10.9. The van der Waals surface area contributed by atoms with Gasteiger partial charge in [0.15, 0.2) is 0 Å². The fourth-order valence-corrected chi connectivity index (χ4v) is 3.08. The Balaban J connectivity index is 0.00000288. The molecule has 0 aliphatic carbocycles. The molecule has 1 N–H and O–H groups in total. The number of nitrogens with zero attached hydrogens (tertiary/aromatic N) is 2. The number of rotatable bonds is 9. The molecule has 1 heterocycles. The fraction of sp³-hybridized carbons (Fsp3) is 0.526. The third-order valence-corrected chi connectivity index (χ3v) is 4.51. The molecule has 134 valence electrons. The fourth-order valence-electron chi connectivity index (χ4n) is 2.85. The second-order valence-corrected chi connectivity index (χ2v) is 6.47. The van der Waals surface area contributed by atoms with E-state index in [1.54, 1.807) is 6.20 Å². The van der Waals surface area contributed by atoms with E-state index >= 15 is 0 Å². The first-order chi connectivity index (χ1) is 11.2. The summed E-state index contributed by atoms with van der Waals surface area (Å²) in [5.74, 6) is 0. The molecule has 0 saturated heterocycles. The van der Waals surface area contributed by atoms with E-state index in [4.69, 9.17) is 11.6 Å². The van der Waals surface area contributed by atoms with Crippen molar-refractivity contribution in [3.8, 4) is 0 Å². The maximum atomic E-state index is 10.8. The summed E-state index contributed by atoms with van der Waals surface area (Å²) in [7, 11) is 0. The zero-order valence-electron chi connectivity index (χ0n) is 14.5. The van der Waals surface area contributed by atoms with E-state index in [0.29, 0.717) is 11.6 Å². The van der Waals surface area contributed by atoms with E-state index in [-0.39, 0.29) is 12.4 Å². The first-order valence-electron chi connectivity index (χ1n) is 8.60. The molecule has 1 atom stereocenters. The third-order valence-electron chi connectivity index (χ3n) is 4.20. The number of aromatic nitrogens is 1. The van der Waals surface area contributed by atoms with Crippen LogP contribution in [-0.2, 0) is 0 Å². The Morgan fingerprint density at radius 3 is 2.42 bits per heavy atom. The highest BCUT2D eigenvalue weighted by Crippen LogP contribution is 2.28. The van der Waals surface area contributed by atoms with Gasteiger partial charge in [-0.2, -0.15) is 0 Å². The first-order valence-corrected chi connectivity index (χ1v) is 8.98. The number of para-hydroxylation sites is 1. The van der Waals surface area contributed by atoms with Crippen molar-refractivity contribution >= 4 is 34.9 Å². The number of halogens is 2. The average Bonchev–Trinajstić information content (AvgIpc) is 2.57. The first kappa shape index (κ1) is 21.2. The summed E-state index contributed by atoms with van der Waals surface area (Å²) < 4.78 is 0. The van der Waals surface area contributed by atoms with Crippen LogP contribution in [0.15, 0.2) is 30.5 Å². The van der Waals surface area contributed by atoms with Crippen molar-refractivity contribution in [1.29, 1.82) is 0 Å². The number of aliphatic hydroxyl groups excluding tert-OH is 1. The van der Waals surface area contributed by atoms with Crippen LogP contribution >= 0.6 is 24.0 Å². The van der Waals surface area contributed by atoms with E-state index in [2.05, 4.69) is 23.7 Å². The number of hydrogen-bond acceptors (Lipinski definition) is 3. The molecule has 0 bridgehead atoms. The molecule has 0 aliphatic rings. The molecular weight excluding hydrogens is 343 g/mol. The van der Waals surface area contributed by atoms with Gasteiger partial charge in [0.1, 0.15) is 0 Å². The zero-order valence-corrected chi connectivity index (χ0v) is 16.1. The largest absolute Gasteiger partial charge is 0.387 e. The van der Waals surface area contributed by atoms with Gasteiger partial charge in [0.05, 0.1) is 16.6 Å². The van der Waals surface area contributed by atoms with Crippen LogP contribution in [0, 0.1) is 0 Å². The number of pyridine rings is 1. The lowest BCUT2D eigenvalue weighted by Gasteiger charge is -2.25. The average molecular weight is 371 g/mol. The van der Waals surface area contributed by atoms with Gasteiger partial charge in [-0.3, -0.25) is 4.98 Å². The highest BCUT2D eigenvalue weighted by atomic mass is 35.5. The number of aliphatic hydroxyl groups is 1. The van der Waals surface area contributed by atoms with Gasteiger partial charge in [-0.05, 0) is 43.6 Å². The maximum absolute atomic E-state index is 10.8. The monoisotopic (exact) mass is 370 g/mol. The molecule has 24 heavy (non-hydrogen) atoms. The predicted octanol–water partition coefficient (Wildman–Crippen LogP) is 5.25. The standard InChI is InChI=1S/C19H27ClN2O.ClH/c1-3-5-12-22(13-6-4-2)14-18(23)15-10-11-21-19-16(15)8-7-9-17(19)20;/h7-11,18,23H,3-6,12-14H2,1-2H3;1H. The van der Waals surface area contributed by atoms with Gasteiger partial charge in [-0.1, -0.05) is 50.4 Å². The molecular formula is C19H28Cl2N2O. The van der Waals surface area contributed by atoms with Gasteiger partial charge in [0, 0.05) is 18.1 Å². The summed E-state index contributed by atoms with van der Waals surface area (Å²) in [6.07, 6.45) is 5.89. The van der Waals surface area contributed by atoms with Gasteiger partial charge in [0.2, 0.25) is 0 Å². The number of hydrogen-bond donors (Lipinski definition) is 1. The molecule has 1 aromatic heterocycles. The topological polar surface area (TPSA) is 36.4 Å². The van der Waals surface area contributed by atoms with Crippen LogP contribution in [0.1, 0.15) is 51.2 Å². The van der Waals surface area contributed by atoms with Crippen molar-refractivity contribution in [3.63, 3.8) is 0 Å². The smallest absolute Gasteiger partial charge is 0.0924 e. The highest BCUT2D eigenvalue weighted by molar-refractivity contribution is 6.35. The predicted molar refractivity (Wildman–Crippen MR) is 105 cm³/mol. The summed E-state index contributed by atoms with van der Waals surface area (Å²) >= 11 is 6.22. The maximum Gasteiger partial charge on any atom is 0.0924 e. The molecule has 0 fully saturated rings. The quantitative estimate of drug-likeness (QED) is 0.654. The Morgan fingerprint density at radius 2 is 1.79 bits per heavy atom.